The van der Waals surface area contributed by atoms with Gasteiger partial charge < -0.3 is 10.4 Å². The summed E-state index contributed by atoms with van der Waals surface area (Å²) in [5.74, 6) is -0.342. The molecule has 22 heavy (non-hydrogen) atoms. The van der Waals surface area contributed by atoms with E-state index in [1.165, 1.54) is 11.3 Å². The van der Waals surface area contributed by atoms with Gasteiger partial charge in [-0.2, -0.15) is 11.3 Å². The zero-order valence-corrected chi connectivity index (χ0v) is 12.8. The van der Waals surface area contributed by atoms with E-state index in [1.807, 2.05) is 22.9 Å². The van der Waals surface area contributed by atoms with Crippen molar-refractivity contribution in [2.45, 2.75) is 18.6 Å². The van der Waals surface area contributed by atoms with Crippen LogP contribution in [0.1, 0.15) is 24.2 Å². The lowest BCUT2D eigenvalue weighted by molar-refractivity contribution is -0.132. The van der Waals surface area contributed by atoms with Crippen LogP contribution < -0.4 is 5.32 Å². The molecule has 1 saturated heterocycles. The van der Waals surface area contributed by atoms with Gasteiger partial charge in [0.25, 0.3) is 5.91 Å². The lowest BCUT2D eigenvalue weighted by Gasteiger charge is -2.22. The first-order chi connectivity index (χ1) is 10.5. The van der Waals surface area contributed by atoms with E-state index in [0.29, 0.717) is 5.56 Å². The summed E-state index contributed by atoms with van der Waals surface area (Å²) in [5.41, 5.74) is 0.368. The first-order valence-corrected chi connectivity index (χ1v) is 7.86. The molecule has 0 unspecified atom stereocenters. The van der Waals surface area contributed by atoms with Gasteiger partial charge in [-0.25, -0.2) is 4.79 Å². The monoisotopic (exact) mass is 316 g/mol. The highest BCUT2D eigenvalue weighted by molar-refractivity contribution is 7.08. The predicted octanol–water partition coefficient (Wildman–Crippen LogP) is 2.25. The van der Waals surface area contributed by atoms with Crippen LogP contribution in [-0.2, 0) is 10.3 Å². The Labute approximate surface area is 132 Å². The highest BCUT2D eigenvalue weighted by atomic mass is 32.1. The molecule has 2 atom stereocenters. The van der Waals surface area contributed by atoms with Crippen LogP contribution in [0.15, 0.2) is 47.2 Å². The summed E-state index contributed by atoms with van der Waals surface area (Å²) in [5, 5.41) is 16.7. The average Bonchev–Trinajstić information content (AvgIpc) is 3.13. The van der Waals surface area contributed by atoms with E-state index in [0.717, 1.165) is 10.5 Å². The molecule has 0 bridgehead atoms. The first-order valence-electron chi connectivity index (χ1n) is 6.92. The summed E-state index contributed by atoms with van der Waals surface area (Å²) in [6.07, 6.45) is -0.902. The fraction of sp³-hybridized carbons (Fsp3) is 0.250. The molecular weight excluding hydrogens is 300 g/mol. The second-order valence-corrected chi connectivity index (χ2v) is 6.19. The normalized spacial score (nSPS) is 22.7. The van der Waals surface area contributed by atoms with Crippen LogP contribution in [0.4, 0.5) is 4.79 Å². The van der Waals surface area contributed by atoms with Crippen molar-refractivity contribution >= 4 is 23.3 Å². The topological polar surface area (TPSA) is 69.6 Å². The molecule has 0 aliphatic carbocycles. The molecule has 0 spiro atoms. The lowest BCUT2D eigenvalue weighted by Crippen LogP contribution is -2.41. The van der Waals surface area contributed by atoms with Crippen molar-refractivity contribution in [1.29, 1.82) is 0 Å². The van der Waals surface area contributed by atoms with Crippen molar-refractivity contribution in [3.05, 3.63) is 58.3 Å². The number of imide groups is 1. The van der Waals surface area contributed by atoms with Gasteiger partial charge >= 0.3 is 6.03 Å². The Kier molecular flexibility index (Phi) is 3.72. The van der Waals surface area contributed by atoms with E-state index < -0.39 is 17.7 Å². The van der Waals surface area contributed by atoms with Crippen molar-refractivity contribution in [2.24, 2.45) is 0 Å². The Morgan fingerprint density at radius 1 is 1.27 bits per heavy atom. The molecule has 1 aliphatic rings. The van der Waals surface area contributed by atoms with Crippen LogP contribution >= 0.6 is 11.3 Å². The van der Waals surface area contributed by atoms with E-state index in [9.17, 15) is 14.7 Å². The molecule has 2 aromatic rings. The van der Waals surface area contributed by atoms with Gasteiger partial charge in [-0.1, -0.05) is 30.3 Å². The smallest absolute Gasteiger partial charge is 0.325 e. The molecule has 0 radical (unpaired) electrons. The van der Waals surface area contributed by atoms with E-state index in [-0.39, 0.29) is 12.5 Å². The van der Waals surface area contributed by atoms with Gasteiger partial charge in [-0.3, -0.25) is 9.69 Å². The third-order valence-electron chi connectivity index (χ3n) is 3.91. The van der Waals surface area contributed by atoms with Crippen molar-refractivity contribution < 1.29 is 14.7 Å². The number of β-amino-alcohol motifs (C(OH)–C–C–N with tert-alkyl or cyclic N) is 1. The number of urea groups is 1. The minimum absolute atomic E-state index is 0.0611. The summed E-state index contributed by atoms with van der Waals surface area (Å²) >= 11 is 1.47. The second kappa shape index (κ2) is 5.55. The number of nitrogens with one attached hydrogen (secondary N) is 1. The Bertz CT molecular complexity index is 687. The van der Waals surface area contributed by atoms with E-state index in [1.54, 1.807) is 31.2 Å². The SMILES string of the molecule is C[C@@]1(c2ccsc2)NC(=O)N(C[C@H](O)c2ccccc2)C1=O. The molecule has 3 amide bonds. The number of rotatable bonds is 4. The Hall–Kier alpha value is -2.18. The predicted molar refractivity (Wildman–Crippen MR) is 83.3 cm³/mol. The molecule has 6 heteroatoms. The van der Waals surface area contributed by atoms with Crippen LogP contribution in [0, 0.1) is 0 Å². The molecule has 0 saturated carbocycles. The third-order valence-corrected chi connectivity index (χ3v) is 4.60. The molecule has 5 nitrogen and oxygen atoms in total. The maximum atomic E-state index is 12.6. The molecule has 1 aromatic carbocycles. The number of carbonyl (C=O) groups excluding carboxylic acids is 2. The van der Waals surface area contributed by atoms with Gasteiger partial charge in [-0.05, 0) is 34.9 Å². The second-order valence-electron chi connectivity index (χ2n) is 5.41. The van der Waals surface area contributed by atoms with Crippen molar-refractivity contribution in [1.82, 2.24) is 10.2 Å². The van der Waals surface area contributed by atoms with Crippen molar-refractivity contribution in [2.75, 3.05) is 6.54 Å². The van der Waals surface area contributed by atoms with E-state index in [4.69, 9.17) is 0 Å². The number of carbonyl (C=O) groups is 2. The number of aliphatic hydroxyl groups is 1. The number of thiophene rings is 1. The largest absolute Gasteiger partial charge is 0.387 e. The van der Waals surface area contributed by atoms with E-state index >= 15 is 0 Å². The minimum Gasteiger partial charge on any atom is -0.387 e. The molecule has 2 heterocycles. The number of amides is 3. The molecule has 1 fully saturated rings. The number of hydrogen-bond donors (Lipinski definition) is 2. The van der Waals surface area contributed by atoms with Crippen molar-refractivity contribution in [3.8, 4) is 0 Å². The summed E-state index contributed by atoms with van der Waals surface area (Å²) in [7, 11) is 0. The Morgan fingerprint density at radius 3 is 2.64 bits per heavy atom. The molecule has 3 rings (SSSR count). The minimum atomic E-state index is -1.06. The van der Waals surface area contributed by atoms with Crippen LogP contribution in [0.2, 0.25) is 0 Å². The number of hydrogen-bond acceptors (Lipinski definition) is 4. The van der Waals surface area contributed by atoms with E-state index in [2.05, 4.69) is 5.32 Å². The zero-order valence-electron chi connectivity index (χ0n) is 12.0. The van der Waals surface area contributed by atoms with Gasteiger partial charge in [0.2, 0.25) is 0 Å². The fourth-order valence-corrected chi connectivity index (χ4v) is 3.33. The Balaban J connectivity index is 1.81. The maximum absolute atomic E-state index is 12.6. The third kappa shape index (κ3) is 2.40. The van der Waals surface area contributed by atoms with Gasteiger partial charge in [0, 0.05) is 0 Å². The summed E-state index contributed by atoms with van der Waals surface area (Å²) in [6.45, 7) is 1.62. The fourth-order valence-electron chi connectivity index (χ4n) is 2.56. The quantitative estimate of drug-likeness (QED) is 0.850. The molecule has 1 aromatic heterocycles. The standard InChI is InChI=1S/C16H16N2O3S/c1-16(12-7-8-22-10-12)14(20)18(15(21)17-16)9-13(19)11-5-3-2-4-6-11/h2-8,10,13,19H,9H2,1H3,(H,17,21)/t13-,16-/m0/s1. The summed E-state index contributed by atoms with van der Waals surface area (Å²) < 4.78 is 0. The summed E-state index contributed by atoms with van der Waals surface area (Å²) in [4.78, 5) is 25.9. The summed E-state index contributed by atoms with van der Waals surface area (Å²) in [6, 6.07) is 10.3. The molecule has 114 valence electrons. The Morgan fingerprint density at radius 2 is 2.00 bits per heavy atom. The number of aliphatic hydroxyl groups excluding tert-OH is 1. The van der Waals surface area contributed by atoms with Crippen LogP contribution in [0.3, 0.4) is 0 Å². The van der Waals surface area contributed by atoms with Crippen LogP contribution in [0.25, 0.3) is 0 Å². The molecule has 2 N–H and O–H groups in total. The van der Waals surface area contributed by atoms with Crippen molar-refractivity contribution in [3.63, 3.8) is 0 Å². The van der Waals surface area contributed by atoms with Crippen LogP contribution in [0.5, 0.6) is 0 Å². The highest BCUT2D eigenvalue weighted by Crippen LogP contribution is 2.31. The van der Waals surface area contributed by atoms with Gasteiger partial charge in [0.1, 0.15) is 5.54 Å². The molecular formula is C16H16N2O3S. The first kappa shape index (κ1) is 14.7. The van der Waals surface area contributed by atoms with Gasteiger partial charge in [0.15, 0.2) is 0 Å². The molecule has 1 aliphatic heterocycles. The zero-order chi connectivity index (χ0) is 15.7. The number of benzene rings is 1. The number of nitrogens with zero attached hydrogens (tertiary/aromatic N) is 1. The van der Waals surface area contributed by atoms with Gasteiger partial charge in [0.05, 0.1) is 12.6 Å². The van der Waals surface area contributed by atoms with Gasteiger partial charge in [-0.15, -0.1) is 0 Å². The highest BCUT2D eigenvalue weighted by Gasteiger charge is 2.49. The average molecular weight is 316 g/mol. The maximum Gasteiger partial charge on any atom is 0.325 e. The van der Waals surface area contributed by atoms with Crippen LogP contribution in [-0.4, -0.2) is 28.5 Å². The lowest BCUT2D eigenvalue weighted by atomic mass is 9.95.